The summed E-state index contributed by atoms with van der Waals surface area (Å²) in [6, 6.07) is 18.1. The molecule has 2 heteroatoms. The number of unbranched alkanes of at least 4 members (excludes halogenated alkanes) is 1. The molecule has 0 saturated carbocycles. The van der Waals surface area contributed by atoms with E-state index in [0.29, 0.717) is 6.61 Å². The highest BCUT2D eigenvalue weighted by Crippen LogP contribution is 2.19. The molecular weight excluding hydrogens is 272 g/mol. The van der Waals surface area contributed by atoms with E-state index in [2.05, 4.69) is 26.0 Å². The second-order valence-corrected chi connectivity index (χ2v) is 5.98. The van der Waals surface area contributed by atoms with Gasteiger partial charge in [-0.2, -0.15) is 0 Å². The smallest absolute Gasteiger partial charge is 0.120 e. The van der Waals surface area contributed by atoms with Gasteiger partial charge in [-0.25, -0.2) is 0 Å². The van der Waals surface area contributed by atoms with E-state index >= 15 is 0 Å². The molecule has 0 aliphatic heterocycles. The predicted octanol–water partition coefficient (Wildman–Crippen LogP) is 5.47. The Morgan fingerprint density at radius 1 is 0.773 bits per heavy atom. The highest BCUT2D eigenvalue weighted by atomic mass is 16.5. The number of rotatable bonds is 9. The molecule has 2 nitrogen and oxygen atoms in total. The zero-order valence-electron chi connectivity index (χ0n) is 13.6. The second-order valence-electron chi connectivity index (χ2n) is 5.98. The minimum Gasteiger partial charge on any atom is -0.494 e. The van der Waals surface area contributed by atoms with Crippen LogP contribution in [0.1, 0.15) is 38.7 Å². The van der Waals surface area contributed by atoms with E-state index in [1.807, 2.05) is 42.5 Å². The summed E-state index contributed by atoms with van der Waals surface area (Å²) in [4.78, 5) is 0. The molecule has 0 spiro atoms. The van der Waals surface area contributed by atoms with Gasteiger partial charge in [-0.05, 0) is 48.6 Å². The number of hydrogen-bond acceptors (Lipinski definition) is 2. The molecule has 0 aromatic heterocycles. The molecule has 0 aliphatic rings. The summed E-state index contributed by atoms with van der Waals surface area (Å²) in [6.45, 7) is 5.90. The van der Waals surface area contributed by atoms with E-state index in [0.717, 1.165) is 30.4 Å². The molecule has 2 aromatic carbocycles. The van der Waals surface area contributed by atoms with Crippen molar-refractivity contribution in [2.75, 3.05) is 6.61 Å². The fourth-order valence-electron chi connectivity index (χ4n) is 2.22. The van der Waals surface area contributed by atoms with Crippen molar-refractivity contribution in [1.82, 2.24) is 0 Å². The SMILES string of the molecule is CC(C)CCCCOc1ccc(OCc2ccccc2)cc1. The van der Waals surface area contributed by atoms with E-state index in [1.165, 1.54) is 18.4 Å². The predicted molar refractivity (Wildman–Crippen MR) is 91.4 cm³/mol. The van der Waals surface area contributed by atoms with Crippen LogP contribution in [0.2, 0.25) is 0 Å². The van der Waals surface area contributed by atoms with E-state index in [1.54, 1.807) is 0 Å². The van der Waals surface area contributed by atoms with Crippen molar-refractivity contribution in [2.45, 2.75) is 39.7 Å². The summed E-state index contributed by atoms with van der Waals surface area (Å²) >= 11 is 0. The first kappa shape index (κ1) is 16.4. The van der Waals surface area contributed by atoms with Crippen molar-refractivity contribution >= 4 is 0 Å². The first-order valence-electron chi connectivity index (χ1n) is 8.13. The summed E-state index contributed by atoms with van der Waals surface area (Å²) in [7, 11) is 0. The largest absolute Gasteiger partial charge is 0.494 e. The lowest BCUT2D eigenvalue weighted by molar-refractivity contribution is 0.295. The van der Waals surface area contributed by atoms with Gasteiger partial charge >= 0.3 is 0 Å². The zero-order valence-corrected chi connectivity index (χ0v) is 13.6. The van der Waals surface area contributed by atoms with Gasteiger partial charge in [-0.1, -0.05) is 50.6 Å². The summed E-state index contributed by atoms with van der Waals surface area (Å²) in [5.74, 6) is 2.56. The van der Waals surface area contributed by atoms with Crippen molar-refractivity contribution < 1.29 is 9.47 Å². The molecule has 2 aromatic rings. The van der Waals surface area contributed by atoms with Gasteiger partial charge in [-0.3, -0.25) is 0 Å². The molecule has 0 heterocycles. The summed E-state index contributed by atoms with van der Waals surface area (Å²) < 4.78 is 11.5. The van der Waals surface area contributed by atoms with Crippen molar-refractivity contribution in [2.24, 2.45) is 5.92 Å². The highest BCUT2D eigenvalue weighted by molar-refractivity contribution is 5.31. The fourth-order valence-corrected chi connectivity index (χ4v) is 2.22. The number of hydrogen-bond donors (Lipinski definition) is 0. The van der Waals surface area contributed by atoms with Crippen LogP contribution in [0, 0.1) is 5.92 Å². The molecule has 0 unspecified atom stereocenters. The maximum atomic E-state index is 5.76. The second kappa shape index (κ2) is 9.14. The van der Waals surface area contributed by atoms with Crippen LogP contribution in [0.5, 0.6) is 11.5 Å². The normalized spacial score (nSPS) is 10.7. The first-order chi connectivity index (χ1) is 10.7. The third kappa shape index (κ3) is 6.21. The number of benzene rings is 2. The monoisotopic (exact) mass is 298 g/mol. The molecule has 2 rings (SSSR count). The molecule has 118 valence electrons. The van der Waals surface area contributed by atoms with Gasteiger partial charge in [-0.15, -0.1) is 0 Å². The lowest BCUT2D eigenvalue weighted by atomic mass is 10.1. The Hall–Kier alpha value is -1.96. The van der Waals surface area contributed by atoms with Crippen molar-refractivity contribution in [3.05, 3.63) is 60.2 Å². The molecule has 0 amide bonds. The molecule has 0 fully saturated rings. The Labute approximate surface area is 134 Å². The standard InChI is InChI=1S/C20H26O2/c1-17(2)8-6-7-15-21-19-11-13-20(14-12-19)22-16-18-9-4-3-5-10-18/h3-5,9-14,17H,6-8,15-16H2,1-2H3. The van der Waals surface area contributed by atoms with Crippen molar-refractivity contribution in [3.8, 4) is 11.5 Å². The Bertz CT molecular complexity index is 517. The summed E-state index contributed by atoms with van der Waals surface area (Å²) in [5.41, 5.74) is 1.17. The van der Waals surface area contributed by atoms with Gasteiger partial charge in [0.25, 0.3) is 0 Å². The molecule has 0 bridgehead atoms. The van der Waals surface area contributed by atoms with Crippen LogP contribution >= 0.6 is 0 Å². The Kier molecular flexibility index (Phi) is 6.82. The summed E-state index contributed by atoms with van der Waals surface area (Å²) in [6.07, 6.45) is 3.62. The van der Waals surface area contributed by atoms with Gasteiger partial charge in [0.15, 0.2) is 0 Å². The van der Waals surface area contributed by atoms with Crippen LogP contribution in [-0.4, -0.2) is 6.61 Å². The maximum Gasteiger partial charge on any atom is 0.120 e. The van der Waals surface area contributed by atoms with Crippen molar-refractivity contribution in [1.29, 1.82) is 0 Å². The van der Waals surface area contributed by atoms with Gasteiger partial charge in [0, 0.05) is 0 Å². The van der Waals surface area contributed by atoms with E-state index < -0.39 is 0 Å². The lowest BCUT2D eigenvalue weighted by Crippen LogP contribution is -1.99. The molecular formula is C20H26O2. The van der Waals surface area contributed by atoms with Gasteiger partial charge in [0.1, 0.15) is 18.1 Å². The van der Waals surface area contributed by atoms with Crippen LogP contribution < -0.4 is 9.47 Å². The average molecular weight is 298 g/mol. The Morgan fingerprint density at radius 2 is 1.41 bits per heavy atom. The van der Waals surface area contributed by atoms with Crippen LogP contribution in [0.4, 0.5) is 0 Å². The number of ether oxygens (including phenoxy) is 2. The third-order valence-corrected chi connectivity index (χ3v) is 3.52. The molecule has 0 saturated heterocycles. The maximum absolute atomic E-state index is 5.76. The molecule has 0 atom stereocenters. The van der Waals surface area contributed by atoms with Crippen LogP contribution in [0.15, 0.2) is 54.6 Å². The molecule has 0 aliphatic carbocycles. The minimum absolute atomic E-state index is 0.593. The fraction of sp³-hybridized carbons (Fsp3) is 0.400. The average Bonchev–Trinajstić information content (AvgIpc) is 2.54. The third-order valence-electron chi connectivity index (χ3n) is 3.52. The Balaban J connectivity index is 1.69. The van der Waals surface area contributed by atoms with E-state index in [4.69, 9.17) is 9.47 Å². The highest BCUT2D eigenvalue weighted by Gasteiger charge is 1.99. The quantitative estimate of drug-likeness (QED) is 0.571. The van der Waals surface area contributed by atoms with Crippen LogP contribution in [0.3, 0.4) is 0 Å². The molecule has 0 N–H and O–H groups in total. The van der Waals surface area contributed by atoms with Gasteiger partial charge in [0.05, 0.1) is 6.61 Å². The minimum atomic E-state index is 0.593. The Morgan fingerprint density at radius 3 is 2.05 bits per heavy atom. The van der Waals surface area contributed by atoms with E-state index in [-0.39, 0.29) is 0 Å². The van der Waals surface area contributed by atoms with Crippen LogP contribution in [0.25, 0.3) is 0 Å². The van der Waals surface area contributed by atoms with Gasteiger partial charge in [0.2, 0.25) is 0 Å². The topological polar surface area (TPSA) is 18.5 Å². The lowest BCUT2D eigenvalue weighted by Gasteiger charge is -2.09. The zero-order chi connectivity index (χ0) is 15.6. The first-order valence-corrected chi connectivity index (χ1v) is 8.13. The van der Waals surface area contributed by atoms with Crippen molar-refractivity contribution in [3.63, 3.8) is 0 Å². The van der Waals surface area contributed by atoms with Gasteiger partial charge < -0.3 is 9.47 Å². The van der Waals surface area contributed by atoms with Crippen LogP contribution in [-0.2, 0) is 6.61 Å². The summed E-state index contributed by atoms with van der Waals surface area (Å²) in [5, 5.41) is 0. The molecule has 22 heavy (non-hydrogen) atoms. The van der Waals surface area contributed by atoms with E-state index in [9.17, 15) is 0 Å². The molecule has 0 radical (unpaired) electrons.